The maximum absolute atomic E-state index is 17.6. The number of ether oxygens (including phenoxy) is 2. The predicted molar refractivity (Wildman–Crippen MR) is 198 cm³/mol. The molecule has 2 amide bonds. The third-order valence-electron chi connectivity index (χ3n) is 11.3. The van der Waals surface area contributed by atoms with Crippen molar-refractivity contribution >= 4 is 56.8 Å². The number of hydrogen-bond donors (Lipinski definition) is 1. The number of methoxy groups -OCH3 is 1. The van der Waals surface area contributed by atoms with Crippen LogP contribution in [-0.2, 0) is 16.0 Å². The van der Waals surface area contributed by atoms with E-state index in [9.17, 15) is 19.5 Å². The van der Waals surface area contributed by atoms with E-state index >= 15 is 4.39 Å². The molecule has 3 aromatic carbocycles. The van der Waals surface area contributed by atoms with Gasteiger partial charge in [-0.25, -0.2) is 19.2 Å². The molecule has 13 nitrogen and oxygen atoms in total. The van der Waals surface area contributed by atoms with Gasteiger partial charge in [0.1, 0.15) is 22.6 Å². The van der Waals surface area contributed by atoms with E-state index in [1.165, 1.54) is 16.9 Å². The Morgan fingerprint density at radius 2 is 1.81 bits per heavy atom. The number of pyridine rings is 1. The second-order valence-corrected chi connectivity index (χ2v) is 14.7. The second kappa shape index (κ2) is 13.3. The third kappa shape index (κ3) is 5.62. The highest BCUT2D eigenvalue weighted by Gasteiger charge is 2.56. The van der Waals surface area contributed by atoms with Gasteiger partial charge < -0.3 is 38.7 Å². The van der Waals surface area contributed by atoms with E-state index in [0.717, 1.165) is 17.1 Å². The summed E-state index contributed by atoms with van der Waals surface area (Å²) in [5.41, 5.74) is 2.00. The Kier molecular flexibility index (Phi) is 8.69. The molecule has 4 fully saturated rings. The number of carbonyl (C=O) groups excluding carboxylic acids is 2. The summed E-state index contributed by atoms with van der Waals surface area (Å²) in [5, 5.41) is 12.0. The quantitative estimate of drug-likeness (QED) is 0.146. The Morgan fingerprint density at radius 3 is 2.49 bits per heavy atom. The van der Waals surface area contributed by atoms with Crippen molar-refractivity contribution in [1.29, 1.82) is 0 Å². The first-order chi connectivity index (χ1) is 25.5. The smallest absolute Gasteiger partial charge is 0.407 e. The molecule has 3 aliphatic heterocycles. The Balaban J connectivity index is 1.42. The molecule has 53 heavy (non-hydrogen) atoms. The van der Waals surface area contributed by atoms with Gasteiger partial charge in [-0.2, -0.15) is 0 Å². The van der Waals surface area contributed by atoms with Crippen LogP contribution in [-0.4, -0.2) is 126 Å². The zero-order valence-electron chi connectivity index (χ0n) is 30.4. The molecule has 3 unspecified atom stereocenters. The number of halogens is 1. The SMILES string of the molecule is COCOc1cc(-c2cc(C=O)c3c(nc(N4CC(N(C)C)C4)c4nc(CCC(=O)N(C)C)n(C5C6CC5N(C(=O)O)C6)c43)c2F)c2ccccc2c1. The van der Waals surface area contributed by atoms with Gasteiger partial charge >= 0.3 is 6.09 Å². The van der Waals surface area contributed by atoms with Crippen LogP contribution in [0.4, 0.5) is 15.0 Å². The van der Waals surface area contributed by atoms with Crippen LogP contribution in [0.2, 0.25) is 0 Å². The van der Waals surface area contributed by atoms with Gasteiger partial charge in [0.2, 0.25) is 5.91 Å². The highest BCUT2D eigenvalue weighted by atomic mass is 19.1. The number of carboxylic acid groups (broad SMARTS) is 1. The van der Waals surface area contributed by atoms with E-state index in [0.29, 0.717) is 65.4 Å². The lowest BCUT2D eigenvalue weighted by molar-refractivity contribution is -0.128. The molecule has 5 heterocycles. The molecule has 1 saturated carbocycles. The number of fused-ring (bicyclic) bond motifs is 5. The predicted octanol–water partition coefficient (Wildman–Crippen LogP) is 5.03. The lowest BCUT2D eigenvalue weighted by Gasteiger charge is -2.43. The molecule has 2 bridgehead atoms. The molecule has 1 aliphatic carbocycles. The summed E-state index contributed by atoms with van der Waals surface area (Å²) >= 11 is 0. The summed E-state index contributed by atoms with van der Waals surface area (Å²) in [7, 11) is 8.94. The molecular formula is C39H42FN7O6. The van der Waals surface area contributed by atoms with Gasteiger partial charge in [0.15, 0.2) is 24.7 Å². The van der Waals surface area contributed by atoms with Gasteiger partial charge in [0, 0.05) is 82.2 Å². The van der Waals surface area contributed by atoms with Crippen LogP contribution in [0.1, 0.15) is 35.1 Å². The molecule has 1 N–H and O–H groups in total. The van der Waals surface area contributed by atoms with Crippen LogP contribution in [0.5, 0.6) is 5.75 Å². The number of anilines is 1. The fraction of sp³-hybridized carbons (Fsp3) is 0.410. The summed E-state index contributed by atoms with van der Waals surface area (Å²) in [6.45, 7) is 1.63. The Bertz CT molecular complexity index is 2300. The van der Waals surface area contributed by atoms with Crippen molar-refractivity contribution in [3.05, 3.63) is 59.7 Å². The largest absolute Gasteiger partial charge is 0.468 e. The number of rotatable bonds is 11. The number of benzene rings is 3. The van der Waals surface area contributed by atoms with Crippen molar-refractivity contribution in [2.24, 2.45) is 5.92 Å². The molecule has 4 aliphatic rings. The summed E-state index contributed by atoms with van der Waals surface area (Å²) < 4.78 is 30.5. The molecule has 3 atom stereocenters. The number of aromatic nitrogens is 3. The minimum atomic E-state index is -0.996. The van der Waals surface area contributed by atoms with E-state index in [-0.39, 0.29) is 66.2 Å². The van der Waals surface area contributed by atoms with E-state index in [1.807, 2.05) is 49.0 Å². The van der Waals surface area contributed by atoms with Gasteiger partial charge in [-0.15, -0.1) is 0 Å². The van der Waals surface area contributed by atoms with Crippen molar-refractivity contribution in [3.63, 3.8) is 0 Å². The average molecular weight is 724 g/mol. The number of hydrogen-bond acceptors (Lipinski definition) is 9. The molecule has 14 heteroatoms. The zero-order chi connectivity index (χ0) is 37.3. The molecule has 276 valence electrons. The normalized spacial score (nSPS) is 19.6. The summed E-state index contributed by atoms with van der Waals surface area (Å²) in [5.74, 6) is 0.855. The molecule has 0 spiro atoms. The summed E-state index contributed by atoms with van der Waals surface area (Å²) in [4.78, 5) is 55.7. The van der Waals surface area contributed by atoms with Crippen molar-refractivity contribution in [3.8, 4) is 16.9 Å². The molecule has 2 aromatic heterocycles. The maximum Gasteiger partial charge on any atom is 0.407 e. The van der Waals surface area contributed by atoms with Crippen molar-refractivity contribution in [2.45, 2.75) is 37.4 Å². The van der Waals surface area contributed by atoms with Crippen LogP contribution < -0.4 is 9.64 Å². The topological polar surface area (TPSA) is 134 Å². The molecule has 5 aromatic rings. The van der Waals surface area contributed by atoms with Crippen molar-refractivity contribution in [2.75, 3.05) is 66.6 Å². The second-order valence-electron chi connectivity index (χ2n) is 14.7. The first kappa shape index (κ1) is 34.7. The third-order valence-corrected chi connectivity index (χ3v) is 11.3. The fourth-order valence-corrected chi connectivity index (χ4v) is 8.36. The lowest BCUT2D eigenvalue weighted by Crippen LogP contribution is -2.57. The van der Waals surface area contributed by atoms with E-state index in [4.69, 9.17) is 19.4 Å². The van der Waals surface area contributed by atoms with Gasteiger partial charge in [-0.3, -0.25) is 9.59 Å². The highest BCUT2D eigenvalue weighted by molar-refractivity contribution is 6.15. The number of nitrogens with zero attached hydrogens (tertiary/aromatic N) is 7. The van der Waals surface area contributed by atoms with Gasteiger partial charge in [-0.05, 0) is 55.1 Å². The monoisotopic (exact) mass is 723 g/mol. The Labute approximate surface area is 305 Å². The molecule has 9 rings (SSSR count). The van der Waals surface area contributed by atoms with Crippen molar-refractivity contribution < 1.29 is 33.4 Å². The van der Waals surface area contributed by atoms with Gasteiger partial charge in [0.25, 0.3) is 0 Å². The number of aldehydes is 1. The minimum Gasteiger partial charge on any atom is -0.468 e. The van der Waals surface area contributed by atoms with Crippen LogP contribution in [0.15, 0.2) is 42.5 Å². The first-order valence-electron chi connectivity index (χ1n) is 17.8. The highest BCUT2D eigenvalue weighted by Crippen LogP contribution is 2.52. The van der Waals surface area contributed by atoms with Gasteiger partial charge in [0.05, 0.1) is 17.6 Å². The zero-order valence-corrected chi connectivity index (χ0v) is 30.4. The maximum atomic E-state index is 17.6. The van der Waals surface area contributed by atoms with Gasteiger partial charge in [-0.1, -0.05) is 24.3 Å². The number of carbonyl (C=O) groups is 3. The molecular weight excluding hydrogens is 681 g/mol. The lowest BCUT2D eigenvalue weighted by atomic mass is 9.79. The standard InChI is InChI=1S/C39H42FN7O6/c1-43(2)24-17-45(18-24)38-35-37(47(30(41-35)10-11-31(49)44(3)4)36-22-14-29(36)46(16-22)39(50)51)32-23(19-48)13-28(33(40)34(32)42-38)27-15-25(53-20-52-5)12-21-8-6-7-9-26(21)27/h6-9,12-13,15,19,22,24,29,36H,10-11,14,16-18,20H2,1-5H3,(H,50,51). The van der Waals surface area contributed by atoms with Crippen molar-refractivity contribution in [1.82, 2.24) is 29.2 Å². The Morgan fingerprint density at radius 1 is 1.04 bits per heavy atom. The molecule has 0 radical (unpaired) electrons. The van der Waals surface area contributed by atoms with Crippen LogP contribution in [0.3, 0.4) is 0 Å². The average Bonchev–Trinajstić information content (AvgIpc) is 3.82. The number of imidazole rings is 1. The van der Waals surface area contributed by atoms with E-state index in [1.54, 1.807) is 26.2 Å². The molecule has 3 saturated heterocycles. The summed E-state index contributed by atoms with van der Waals surface area (Å²) in [6, 6.07) is 12.4. The van der Waals surface area contributed by atoms with Crippen LogP contribution >= 0.6 is 0 Å². The van der Waals surface area contributed by atoms with E-state index in [2.05, 4.69) is 9.80 Å². The minimum absolute atomic E-state index is 0.000823. The first-order valence-corrected chi connectivity index (χ1v) is 17.8. The van der Waals surface area contributed by atoms with Crippen LogP contribution in [0, 0.1) is 11.7 Å². The van der Waals surface area contributed by atoms with E-state index < -0.39 is 11.9 Å². The summed E-state index contributed by atoms with van der Waals surface area (Å²) in [6.07, 6.45) is 0.850. The number of aryl methyl sites for hydroxylation is 1. The number of likely N-dealkylation sites (N-methyl/N-ethyl adjacent to an activating group) is 1. The Hall–Kier alpha value is -5.34. The number of amides is 2. The fourth-order valence-electron chi connectivity index (χ4n) is 8.36. The van der Waals surface area contributed by atoms with Crippen LogP contribution in [0.25, 0.3) is 43.8 Å².